The van der Waals surface area contributed by atoms with Gasteiger partial charge in [-0.2, -0.15) is 0 Å². The molecule has 1 saturated heterocycles. The number of aromatic nitrogens is 2. The first-order valence-corrected chi connectivity index (χ1v) is 12.9. The number of halogens is 1. The maximum absolute atomic E-state index is 12.9. The van der Waals surface area contributed by atoms with Gasteiger partial charge in [0, 0.05) is 44.5 Å². The van der Waals surface area contributed by atoms with Crippen LogP contribution >= 0.6 is 22.9 Å². The van der Waals surface area contributed by atoms with Crippen LogP contribution < -0.4 is 4.90 Å². The highest BCUT2D eigenvalue weighted by atomic mass is 35.5. The predicted octanol–water partition coefficient (Wildman–Crippen LogP) is 3.55. The van der Waals surface area contributed by atoms with Crippen molar-refractivity contribution in [1.82, 2.24) is 14.9 Å². The molecule has 0 bridgehead atoms. The maximum Gasteiger partial charge on any atom is 0.223 e. The van der Waals surface area contributed by atoms with Gasteiger partial charge in [0.05, 0.1) is 37.1 Å². The number of thiazole rings is 1. The third kappa shape index (κ3) is 4.40. The van der Waals surface area contributed by atoms with E-state index >= 15 is 0 Å². The van der Waals surface area contributed by atoms with Crippen LogP contribution in [0.1, 0.15) is 18.9 Å². The minimum Gasteiger partial charge on any atom is -0.366 e. The van der Waals surface area contributed by atoms with E-state index in [9.17, 15) is 13.2 Å². The minimum atomic E-state index is -3.58. The summed E-state index contributed by atoms with van der Waals surface area (Å²) in [5, 5.41) is 0.593. The average molecular weight is 479 g/mol. The quantitative estimate of drug-likeness (QED) is 0.557. The maximum atomic E-state index is 12.9. The van der Waals surface area contributed by atoms with Crippen LogP contribution in [0.25, 0.3) is 10.2 Å². The van der Waals surface area contributed by atoms with Crippen molar-refractivity contribution in [3.8, 4) is 0 Å². The van der Waals surface area contributed by atoms with Crippen LogP contribution in [0.4, 0.5) is 5.69 Å². The Morgan fingerprint density at radius 3 is 2.84 bits per heavy atom. The number of carbonyl (C=O) groups is 1. The Morgan fingerprint density at radius 2 is 2.10 bits per heavy atom. The number of hydrogen-bond donors (Lipinski definition) is 0. The summed E-state index contributed by atoms with van der Waals surface area (Å²) in [4.78, 5) is 25.3. The molecular weight excluding hydrogens is 456 g/mol. The summed E-state index contributed by atoms with van der Waals surface area (Å²) in [6.07, 6.45) is 3.36. The number of piperazine rings is 1. The van der Waals surface area contributed by atoms with Crippen molar-refractivity contribution in [3.63, 3.8) is 0 Å². The number of fused-ring (bicyclic) bond motifs is 1. The molecule has 0 saturated carbocycles. The van der Waals surface area contributed by atoms with Crippen molar-refractivity contribution in [2.24, 2.45) is 0 Å². The largest absolute Gasteiger partial charge is 0.366 e. The highest BCUT2D eigenvalue weighted by molar-refractivity contribution is 7.91. The molecule has 3 heterocycles. The SMILES string of the molecule is Cc1cncc(Cl)c1N1CCN(C(=O)CCS(=O)(=O)c2cccc3ncsc23)[C@@H](C)C1. The lowest BCUT2D eigenvalue weighted by Crippen LogP contribution is -2.54. The number of sulfone groups is 1. The molecule has 3 aromatic rings. The number of aryl methyl sites for hydroxylation is 1. The number of amides is 1. The zero-order chi connectivity index (χ0) is 22.2. The Bertz CT molecular complexity index is 1210. The molecule has 1 aromatic carbocycles. The molecule has 1 aliphatic heterocycles. The number of rotatable bonds is 5. The van der Waals surface area contributed by atoms with Gasteiger partial charge in [0.1, 0.15) is 0 Å². The smallest absolute Gasteiger partial charge is 0.223 e. The second-order valence-corrected chi connectivity index (χ2v) is 11.0. The fourth-order valence-electron chi connectivity index (χ4n) is 4.04. The number of anilines is 1. The lowest BCUT2D eigenvalue weighted by Gasteiger charge is -2.41. The van der Waals surface area contributed by atoms with Crippen molar-refractivity contribution in [2.45, 2.75) is 31.2 Å². The van der Waals surface area contributed by atoms with Crippen LogP contribution in [0.15, 0.2) is 41.0 Å². The third-order valence-electron chi connectivity index (χ3n) is 5.56. The van der Waals surface area contributed by atoms with Crippen molar-refractivity contribution < 1.29 is 13.2 Å². The Balaban J connectivity index is 1.42. The number of hydrogen-bond acceptors (Lipinski definition) is 7. The molecule has 4 rings (SSSR count). The van der Waals surface area contributed by atoms with Crippen LogP contribution in [0.2, 0.25) is 5.02 Å². The third-order valence-corrected chi connectivity index (χ3v) is 8.59. The molecule has 1 atom stereocenters. The van der Waals surface area contributed by atoms with E-state index in [0.29, 0.717) is 34.9 Å². The van der Waals surface area contributed by atoms with Crippen LogP contribution in [-0.2, 0) is 14.6 Å². The number of carbonyl (C=O) groups excluding carboxylic acids is 1. The van der Waals surface area contributed by atoms with Crippen LogP contribution in [0, 0.1) is 6.92 Å². The average Bonchev–Trinajstić information content (AvgIpc) is 3.21. The van der Waals surface area contributed by atoms with Gasteiger partial charge in [0.2, 0.25) is 5.91 Å². The van der Waals surface area contributed by atoms with Crippen molar-refractivity contribution in [2.75, 3.05) is 30.3 Å². The summed E-state index contributed by atoms with van der Waals surface area (Å²) in [6.45, 7) is 5.71. The standard InChI is InChI=1S/C21H23ClN4O3S2/c1-14-10-23-11-16(22)20(14)25-7-8-26(15(2)12-25)19(27)6-9-31(28,29)18-5-3-4-17-21(18)30-13-24-17/h3-5,10-11,13,15H,6-9,12H2,1-2H3/t15-/m0/s1. The van der Waals surface area contributed by atoms with E-state index in [1.165, 1.54) is 11.3 Å². The van der Waals surface area contributed by atoms with Crippen LogP contribution in [0.5, 0.6) is 0 Å². The zero-order valence-electron chi connectivity index (χ0n) is 17.3. The molecule has 7 nitrogen and oxygen atoms in total. The zero-order valence-corrected chi connectivity index (χ0v) is 19.7. The van der Waals surface area contributed by atoms with Crippen molar-refractivity contribution in [1.29, 1.82) is 0 Å². The van der Waals surface area contributed by atoms with Crippen LogP contribution in [-0.4, -0.2) is 60.6 Å². The summed E-state index contributed by atoms with van der Waals surface area (Å²) >= 11 is 7.64. The van der Waals surface area contributed by atoms with Gasteiger partial charge in [-0.3, -0.25) is 9.78 Å². The van der Waals surface area contributed by atoms with Gasteiger partial charge in [0.25, 0.3) is 0 Å². The van der Waals surface area contributed by atoms with E-state index < -0.39 is 9.84 Å². The lowest BCUT2D eigenvalue weighted by molar-refractivity contribution is -0.133. The van der Waals surface area contributed by atoms with E-state index in [-0.39, 0.29) is 29.0 Å². The molecule has 1 fully saturated rings. The van der Waals surface area contributed by atoms with Gasteiger partial charge in [-0.15, -0.1) is 11.3 Å². The van der Waals surface area contributed by atoms with Crippen LogP contribution in [0.3, 0.4) is 0 Å². The topological polar surface area (TPSA) is 83.5 Å². The van der Waals surface area contributed by atoms with E-state index in [0.717, 1.165) is 11.3 Å². The van der Waals surface area contributed by atoms with E-state index in [4.69, 9.17) is 11.6 Å². The molecule has 0 spiro atoms. The van der Waals surface area contributed by atoms with Gasteiger partial charge in [-0.25, -0.2) is 13.4 Å². The molecule has 1 aliphatic rings. The highest BCUT2D eigenvalue weighted by Gasteiger charge is 2.30. The summed E-state index contributed by atoms with van der Waals surface area (Å²) in [5.41, 5.74) is 4.22. The molecule has 2 aromatic heterocycles. The summed E-state index contributed by atoms with van der Waals surface area (Å²) < 4.78 is 26.4. The molecule has 31 heavy (non-hydrogen) atoms. The number of benzene rings is 1. The normalized spacial score (nSPS) is 17.3. The Kier molecular flexibility index (Phi) is 6.18. The second-order valence-electron chi connectivity index (χ2n) is 7.69. The van der Waals surface area contributed by atoms with E-state index in [1.807, 2.05) is 13.8 Å². The Hall–Kier alpha value is -2.23. The minimum absolute atomic E-state index is 0.0447. The fraction of sp³-hybridized carbons (Fsp3) is 0.381. The molecule has 0 radical (unpaired) electrons. The molecular formula is C21H23ClN4O3S2. The number of pyridine rings is 1. The molecule has 164 valence electrons. The first-order chi connectivity index (χ1) is 14.8. The molecule has 1 amide bonds. The first kappa shape index (κ1) is 22.0. The second kappa shape index (κ2) is 8.72. The van der Waals surface area contributed by atoms with E-state index in [1.54, 1.807) is 41.0 Å². The lowest BCUT2D eigenvalue weighted by atomic mass is 10.1. The van der Waals surface area contributed by atoms with Crippen molar-refractivity contribution >= 4 is 54.6 Å². The van der Waals surface area contributed by atoms with Gasteiger partial charge < -0.3 is 9.80 Å². The summed E-state index contributed by atoms with van der Waals surface area (Å²) in [5.74, 6) is -0.366. The predicted molar refractivity (Wildman–Crippen MR) is 124 cm³/mol. The molecule has 0 unspecified atom stereocenters. The number of nitrogens with zero attached hydrogens (tertiary/aromatic N) is 4. The molecule has 0 aliphatic carbocycles. The Labute approximate surface area is 190 Å². The van der Waals surface area contributed by atoms with Gasteiger partial charge in [-0.05, 0) is 31.5 Å². The van der Waals surface area contributed by atoms with Gasteiger partial charge in [0.15, 0.2) is 9.84 Å². The fourth-order valence-corrected chi connectivity index (χ4v) is 6.92. The summed E-state index contributed by atoms with van der Waals surface area (Å²) in [6, 6.07) is 5.00. The van der Waals surface area contributed by atoms with Gasteiger partial charge in [-0.1, -0.05) is 17.7 Å². The van der Waals surface area contributed by atoms with Crippen molar-refractivity contribution in [3.05, 3.63) is 46.7 Å². The Morgan fingerprint density at radius 1 is 1.29 bits per heavy atom. The van der Waals surface area contributed by atoms with Gasteiger partial charge >= 0.3 is 0 Å². The van der Waals surface area contributed by atoms with E-state index in [2.05, 4.69) is 14.9 Å². The molecule has 0 N–H and O–H groups in total. The first-order valence-electron chi connectivity index (χ1n) is 9.97. The monoisotopic (exact) mass is 478 g/mol. The summed E-state index contributed by atoms with van der Waals surface area (Å²) in [7, 11) is -3.58. The highest BCUT2D eigenvalue weighted by Crippen LogP contribution is 2.31. The molecule has 10 heteroatoms.